The number of rotatable bonds is 4. The number of carbonyl (C=O) groups excluding carboxylic acids is 2. The van der Waals surface area contributed by atoms with Gasteiger partial charge in [-0.15, -0.1) is 0 Å². The molecule has 0 spiro atoms. The van der Waals surface area contributed by atoms with E-state index in [9.17, 15) is 24.1 Å². The highest BCUT2D eigenvalue weighted by Gasteiger charge is 2.30. The van der Waals surface area contributed by atoms with Crippen molar-refractivity contribution in [1.29, 1.82) is 5.26 Å². The summed E-state index contributed by atoms with van der Waals surface area (Å²) in [6.07, 6.45) is -0.616. The van der Waals surface area contributed by atoms with Crippen LogP contribution in [-0.2, 0) is 9.53 Å². The number of methoxy groups -OCH3 is 1. The van der Waals surface area contributed by atoms with E-state index in [1.807, 2.05) is 5.32 Å². The predicted molar refractivity (Wildman–Crippen MR) is 71.0 cm³/mol. The minimum absolute atomic E-state index is 0.340. The first kappa shape index (κ1) is 16.5. The quantitative estimate of drug-likeness (QED) is 0.499. The normalized spacial score (nSPS) is 9.62. The molecule has 0 saturated carbocycles. The molecule has 0 aliphatic heterocycles. The maximum Gasteiger partial charge on any atom is 0.343 e. The third kappa shape index (κ3) is 3.51. The van der Waals surface area contributed by atoms with E-state index in [0.29, 0.717) is 0 Å². The van der Waals surface area contributed by atoms with Gasteiger partial charge in [-0.05, 0) is 15.9 Å². The summed E-state index contributed by atoms with van der Waals surface area (Å²) in [4.78, 5) is 33.1. The lowest BCUT2D eigenvalue weighted by molar-refractivity contribution is -0.384. The highest BCUT2D eigenvalue weighted by molar-refractivity contribution is 9.10. The number of ether oxygens (including phenoxy) is 1. The fourth-order valence-electron chi connectivity index (χ4n) is 1.43. The van der Waals surface area contributed by atoms with E-state index in [1.54, 1.807) is 0 Å². The number of nitrogens with zero attached hydrogens (tertiary/aromatic N) is 2. The molecule has 0 aliphatic carbocycles. The van der Waals surface area contributed by atoms with Gasteiger partial charge in [-0.2, -0.15) is 5.26 Å². The van der Waals surface area contributed by atoms with Crippen LogP contribution in [0, 0.1) is 27.3 Å². The third-order valence-corrected chi connectivity index (χ3v) is 2.87. The van der Waals surface area contributed by atoms with Gasteiger partial charge in [-0.1, -0.05) is 0 Å². The number of nitrogens with one attached hydrogen (secondary N) is 1. The first-order valence-electron chi connectivity index (χ1n) is 5.25. The van der Waals surface area contributed by atoms with Crippen LogP contribution in [0.5, 0.6) is 0 Å². The first-order chi connectivity index (χ1) is 9.83. The van der Waals surface area contributed by atoms with Crippen molar-refractivity contribution in [1.82, 2.24) is 0 Å². The van der Waals surface area contributed by atoms with Gasteiger partial charge in [0.2, 0.25) is 5.91 Å². The summed E-state index contributed by atoms with van der Waals surface area (Å²) in [5.74, 6) is -3.25. The average molecular weight is 360 g/mol. The maximum atomic E-state index is 14.0. The Balaban J connectivity index is 3.58. The zero-order chi connectivity index (χ0) is 16.2. The van der Waals surface area contributed by atoms with Crippen LogP contribution in [-0.4, -0.2) is 23.9 Å². The number of halogens is 2. The van der Waals surface area contributed by atoms with Crippen LogP contribution in [0.4, 0.5) is 15.8 Å². The molecule has 0 aromatic heterocycles. The van der Waals surface area contributed by atoms with E-state index in [0.717, 1.165) is 13.2 Å². The highest BCUT2D eigenvalue weighted by Crippen LogP contribution is 2.35. The molecule has 0 atom stereocenters. The second-order valence-corrected chi connectivity index (χ2v) is 4.43. The molecule has 8 nitrogen and oxygen atoms in total. The molecule has 10 heteroatoms. The van der Waals surface area contributed by atoms with Crippen LogP contribution in [0.2, 0.25) is 0 Å². The average Bonchev–Trinajstić information content (AvgIpc) is 2.42. The zero-order valence-electron chi connectivity index (χ0n) is 10.5. The van der Waals surface area contributed by atoms with E-state index in [2.05, 4.69) is 20.7 Å². The van der Waals surface area contributed by atoms with Gasteiger partial charge in [0.05, 0.1) is 22.6 Å². The number of hydrogen-bond donors (Lipinski definition) is 1. The number of benzene rings is 1. The van der Waals surface area contributed by atoms with Gasteiger partial charge in [0.15, 0.2) is 5.82 Å². The topological polar surface area (TPSA) is 122 Å². The molecule has 1 aromatic carbocycles. The summed E-state index contributed by atoms with van der Waals surface area (Å²) >= 11 is 2.74. The number of hydrogen-bond acceptors (Lipinski definition) is 6. The summed E-state index contributed by atoms with van der Waals surface area (Å²) in [5, 5.41) is 21.4. The van der Waals surface area contributed by atoms with Gasteiger partial charge in [0.1, 0.15) is 17.7 Å². The Hall–Kier alpha value is -2.54. The summed E-state index contributed by atoms with van der Waals surface area (Å²) in [6.45, 7) is 0. The second-order valence-electron chi connectivity index (χ2n) is 3.57. The molecule has 0 unspecified atom stereocenters. The molecule has 0 aliphatic rings. The van der Waals surface area contributed by atoms with E-state index >= 15 is 0 Å². The smallest absolute Gasteiger partial charge is 0.343 e. The van der Waals surface area contributed by atoms with Gasteiger partial charge in [-0.25, -0.2) is 9.18 Å². The van der Waals surface area contributed by atoms with Gasteiger partial charge in [0.25, 0.3) is 5.69 Å². The Morgan fingerprint density at radius 2 is 2.24 bits per heavy atom. The molecular formula is C11H7BrFN3O5. The van der Waals surface area contributed by atoms with Gasteiger partial charge >= 0.3 is 5.97 Å². The molecule has 0 saturated heterocycles. The molecule has 0 bridgehead atoms. The SMILES string of the molecule is COC(=O)c1c(F)c(Br)cc([N+](=O)[O-])c1NC(=O)CC#N. The number of esters is 1. The molecule has 1 aromatic rings. The van der Waals surface area contributed by atoms with E-state index in [4.69, 9.17) is 5.26 Å². The van der Waals surface area contributed by atoms with E-state index in [-0.39, 0.29) is 4.47 Å². The minimum Gasteiger partial charge on any atom is -0.465 e. The molecule has 1 N–H and O–H groups in total. The Labute approximate surface area is 125 Å². The zero-order valence-corrected chi connectivity index (χ0v) is 12.1. The summed E-state index contributed by atoms with van der Waals surface area (Å²) in [5.41, 5.74) is -2.17. The summed E-state index contributed by atoms with van der Waals surface area (Å²) < 4.78 is 18.0. The Kier molecular flexibility index (Phi) is 5.31. The fourth-order valence-corrected chi connectivity index (χ4v) is 1.85. The summed E-state index contributed by atoms with van der Waals surface area (Å²) in [7, 11) is 0.954. The van der Waals surface area contributed by atoms with Crippen molar-refractivity contribution < 1.29 is 23.6 Å². The molecule has 0 radical (unpaired) electrons. The monoisotopic (exact) mass is 359 g/mol. The number of nitriles is 1. The minimum atomic E-state index is -1.20. The Morgan fingerprint density at radius 3 is 2.71 bits per heavy atom. The molecule has 0 heterocycles. The Morgan fingerprint density at radius 1 is 1.62 bits per heavy atom. The maximum absolute atomic E-state index is 14.0. The largest absolute Gasteiger partial charge is 0.465 e. The standard InChI is InChI=1S/C11H7BrFN3O5/c1-21-11(18)8-9(13)5(12)4-6(16(19)20)10(8)15-7(17)2-3-14/h4H,2H2,1H3,(H,15,17). The molecule has 0 fully saturated rings. The lowest BCUT2D eigenvalue weighted by Gasteiger charge is -2.11. The molecule has 1 rings (SSSR count). The van der Waals surface area contributed by atoms with Crippen molar-refractivity contribution in [2.75, 3.05) is 12.4 Å². The second kappa shape index (κ2) is 6.76. The highest BCUT2D eigenvalue weighted by atomic mass is 79.9. The van der Waals surface area contributed by atoms with E-state index < -0.39 is 46.0 Å². The molecule has 1 amide bonds. The van der Waals surface area contributed by atoms with Gasteiger partial charge in [0, 0.05) is 6.07 Å². The van der Waals surface area contributed by atoms with Crippen LogP contribution >= 0.6 is 15.9 Å². The van der Waals surface area contributed by atoms with Crippen LogP contribution < -0.4 is 5.32 Å². The molecular weight excluding hydrogens is 353 g/mol. The number of anilines is 1. The third-order valence-electron chi connectivity index (χ3n) is 2.29. The first-order valence-corrected chi connectivity index (χ1v) is 6.04. The van der Waals surface area contributed by atoms with Crippen molar-refractivity contribution in [3.8, 4) is 6.07 Å². The van der Waals surface area contributed by atoms with Crippen molar-refractivity contribution >= 4 is 39.2 Å². The number of carbonyl (C=O) groups is 2. The van der Waals surface area contributed by atoms with Crippen molar-refractivity contribution in [3.05, 3.63) is 32.0 Å². The predicted octanol–water partition coefficient (Wildman–Crippen LogP) is 2.14. The Bertz CT molecular complexity index is 671. The van der Waals surface area contributed by atoms with E-state index in [1.165, 1.54) is 6.07 Å². The fraction of sp³-hybridized carbons (Fsp3) is 0.182. The van der Waals surface area contributed by atoms with Crippen molar-refractivity contribution in [3.63, 3.8) is 0 Å². The van der Waals surface area contributed by atoms with Gasteiger partial charge in [-0.3, -0.25) is 14.9 Å². The summed E-state index contributed by atoms with van der Waals surface area (Å²) in [6, 6.07) is 2.32. The lowest BCUT2D eigenvalue weighted by Crippen LogP contribution is -2.17. The van der Waals surface area contributed by atoms with Gasteiger partial charge < -0.3 is 10.1 Å². The lowest BCUT2D eigenvalue weighted by atomic mass is 10.1. The molecule has 110 valence electrons. The number of amides is 1. The number of nitro groups is 1. The van der Waals surface area contributed by atoms with Crippen LogP contribution in [0.25, 0.3) is 0 Å². The van der Waals surface area contributed by atoms with Crippen molar-refractivity contribution in [2.24, 2.45) is 0 Å². The number of nitro benzene ring substituents is 1. The van der Waals surface area contributed by atoms with Crippen molar-refractivity contribution in [2.45, 2.75) is 6.42 Å². The molecule has 21 heavy (non-hydrogen) atoms. The van der Waals surface area contributed by atoms with Crippen LogP contribution in [0.15, 0.2) is 10.5 Å². The van der Waals surface area contributed by atoms with Crippen LogP contribution in [0.1, 0.15) is 16.8 Å². The van der Waals surface area contributed by atoms with Crippen LogP contribution in [0.3, 0.4) is 0 Å².